The molecule has 0 radical (unpaired) electrons. The van der Waals surface area contributed by atoms with Crippen molar-refractivity contribution in [2.24, 2.45) is 5.41 Å². The summed E-state index contributed by atoms with van der Waals surface area (Å²) < 4.78 is 44.6. The zero-order chi connectivity index (χ0) is 24.7. The number of hydrogen-bond donors (Lipinski definition) is 2. The van der Waals surface area contributed by atoms with Gasteiger partial charge in [-0.3, -0.25) is 4.79 Å². The van der Waals surface area contributed by atoms with Gasteiger partial charge in [0, 0.05) is 5.39 Å². The van der Waals surface area contributed by atoms with Crippen LogP contribution < -0.4 is 10.1 Å². The number of benzene rings is 3. The smallest absolute Gasteiger partial charge is 0.416 e. The van der Waals surface area contributed by atoms with Crippen LogP contribution in [0.4, 0.5) is 13.2 Å². The van der Waals surface area contributed by atoms with Gasteiger partial charge in [0.15, 0.2) is 0 Å². The molecule has 1 saturated carbocycles. The van der Waals surface area contributed by atoms with Crippen molar-refractivity contribution in [1.29, 1.82) is 0 Å². The van der Waals surface area contributed by atoms with E-state index in [0.717, 1.165) is 23.1 Å². The maximum atomic E-state index is 13.2. The number of carbonyl (C=O) groups is 2. The second kappa shape index (κ2) is 8.66. The molecule has 8 heteroatoms. The second-order valence-corrected chi connectivity index (χ2v) is 9.05. The summed E-state index contributed by atoms with van der Waals surface area (Å²) in [5.74, 6) is -1.42. The summed E-state index contributed by atoms with van der Waals surface area (Å²) in [4.78, 5) is 24.9. The van der Waals surface area contributed by atoms with Crippen LogP contribution in [0.2, 0.25) is 0 Å². The van der Waals surface area contributed by atoms with Crippen molar-refractivity contribution >= 4 is 22.6 Å². The predicted octanol–water partition coefficient (Wildman–Crippen LogP) is 5.73. The predicted molar refractivity (Wildman–Crippen MR) is 121 cm³/mol. The van der Waals surface area contributed by atoms with Crippen molar-refractivity contribution in [2.75, 3.05) is 0 Å². The molecule has 1 aliphatic rings. The number of aryl methyl sites for hydroxylation is 1. The Bertz CT molecular complexity index is 1250. The van der Waals surface area contributed by atoms with Crippen LogP contribution in [0.15, 0.2) is 54.6 Å². The van der Waals surface area contributed by atoms with E-state index < -0.39 is 35.1 Å². The van der Waals surface area contributed by atoms with Gasteiger partial charge in [-0.05, 0) is 60.4 Å². The van der Waals surface area contributed by atoms with Gasteiger partial charge >= 0.3 is 12.1 Å². The molecule has 0 aromatic heterocycles. The molecule has 0 aliphatic heterocycles. The van der Waals surface area contributed by atoms with Gasteiger partial charge in [-0.2, -0.15) is 13.2 Å². The molecule has 0 spiro atoms. The number of halogens is 3. The van der Waals surface area contributed by atoms with Gasteiger partial charge < -0.3 is 15.2 Å². The molecular formula is C26H24F3NO4. The van der Waals surface area contributed by atoms with Crippen LogP contribution in [0.25, 0.3) is 10.8 Å². The number of carbonyl (C=O) groups excluding carboxylic acids is 1. The van der Waals surface area contributed by atoms with Crippen LogP contribution in [-0.2, 0) is 17.6 Å². The second-order valence-electron chi connectivity index (χ2n) is 9.05. The third-order valence-electron chi connectivity index (χ3n) is 6.29. The van der Waals surface area contributed by atoms with Crippen molar-refractivity contribution < 1.29 is 32.6 Å². The van der Waals surface area contributed by atoms with Gasteiger partial charge in [-0.1, -0.05) is 42.8 Å². The largest absolute Gasteiger partial charge is 0.487 e. The molecule has 178 valence electrons. The summed E-state index contributed by atoms with van der Waals surface area (Å²) in [6.45, 7) is 3.64. The number of hydrogen-bond acceptors (Lipinski definition) is 3. The van der Waals surface area contributed by atoms with Gasteiger partial charge in [0.05, 0.1) is 11.1 Å². The molecule has 1 fully saturated rings. The minimum absolute atomic E-state index is 0.0639. The van der Waals surface area contributed by atoms with Crippen molar-refractivity contribution in [3.63, 3.8) is 0 Å². The Labute approximate surface area is 194 Å². The standard InChI is InChI=1S/C26H24F3NO4/c1-15-3-6-17-7-10-19(23(31)30-22(24(32)33)25(2)11-12-25)21(20(17)13-15)34-14-16-4-8-18(9-5-16)26(27,28)29/h3-10,13,22H,11-12,14H2,1-2H3,(H,30,31)(H,32,33)/t22-/m1/s1. The fraction of sp³-hybridized carbons (Fsp3) is 0.308. The summed E-state index contributed by atoms with van der Waals surface area (Å²) in [5.41, 5.74) is 0.345. The lowest BCUT2D eigenvalue weighted by Gasteiger charge is -2.22. The van der Waals surface area contributed by atoms with E-state index in [1.54, 1.807) is 12.1 Å². The van der Waals surface area contributed by atoms with E-state index in [2.05, 4.69) is 5.32 Å². The van der Waals surface area contributed by atoms with Gasteiger partial charge in [0.1, 0.15) is 18.4 Å². The lowest BCUT2D eigenvalue weighted by Crippen LogP contribution is -2.46. The van der Waals surface area contributed by atoms with Crippen molar-refractivity contribution in [3.05, 3.63) is 76.9 Å². The Morgan fingerprint density at radius 1 is 1.09 bits per heavy atom. The molecule has 0 unspecified atom stereocenters. The van der Waals surface area contributed by atoms with E-state index in [-0.39, 0.29) is 17.9 Å². The fourth-order valence-electron chi connectivity index (χ4n) is 3.91. The summed E-state index contributed by atoms with van der Waals surface area (Å²) in [7, 11) is 0. The highest BCUT2D eigenvalue weighted by atomic mass is 19.4. The number of alkyl halides is 3. The van der Waals surface area contributed by atoms with Gasteiger partial charge in [0.2, 0.25) is 0 Å². The third-order valence-corrected chi connectivity index (χ3v) is 6.29. The Kier molecular flexibility index (Phi) is 6.02. The summed E-state index contributed by atoms with van der Waals surface area (Å²) in [6.07, 6.45) is -3.02. The molecule has 2 N–H and O–H groups in total. The van der Waals surface area contributed by atoms with Crippen LogP contribution in [0.3, 0.4) is 0 Å². The van der Waals surface area contributed by atoms with Gasteiger partial charge in [-0.25, -0.2) is 4.79 Å². The average Bonchev–Trinajstić information content (AvgIpc) is 3.52. The molecule has 1 atom stereocenters. The number of fused-ring (bicyclic) bond motifs is 1. The van der Waals surface area contributed by atoms with Gasteiger partial charge in [0.25, 0.3) is 5.91 Å². The van der Waals surface area contributed by atoms with Crippen molar-refractivity contribution in [3.8, 4) is 5.75 Å². The maximum absolute atomic E-state index is 13.2. The molecule has 1 aliphatic carbocycles. The molecule has 34 heavy (non-hydrogen) atoms. The number of aliphatic carboxylic acids is 1. The molecule has 0 heterocycles. The van der Waals surface area contributed by atoms with Crippen LogP contribution in [0.1, 0.15) is 46.8 Å². The van der Waals surface area contributed by atoms with Gasteiger partial charge in [-0.15, -0.1) is 0 Å². The van der Waals surface area contributed by atoms with E-state index in [9.17, 15) is 27.9 Å². The monoisotopic (exact) mass is 471 g/mol. The third kappa shape index (κ3) is 4.85. The van der Waals surface area contributed by atoms with Crippen LogP contribution in [-0.4, -0.2) is 23.0 Å². The highest BCUT2D eigenvalue weighted by molar-refractivity contribution is 6.05. The molecule has 3 aromatic carbocycles. The van der Waals surface area contributed by atoms with Crippen LogP contribution >= 0.6 is 0 Å². The molecular weight excluding hydrogens is 447 g/mol. The molecule has 5 nitrogen and oxygen atoms in total. The van der Waals surface area contributed by atoms with E-state index in [1.807, 2.05) is 32.0 Å². The zero-order valence-corrected chi connectivity index (χ0v) is 18.7. The van der Waals surface area contributed by atoms with E-state index in [1.165, 1.54) is 12.1 Å². The number of amides is 1. The Hall–Kier alpha value is -3.55. The molecule has 3 aromatic rings. The summed E-state index contributed by atoms with van der Waals surface area (Å²) >= 11 is 0. The number of nitrogens with one attached hydrogen (secondary N) is 1. The fourth-order valence-corrected chi connectivity index (χ4v) is 3.91. The van der Waals surface area contributed by atoms with Crippen LogP contribution in [0.5, 0.6) is 5.75 Å². The topological polar surface area (TPSA) is 75.6 Å². The number of ether oxygens (including phenoxy) is 1. The average molecular weight is 471 g/mol. The van der Waals surface area contributed by atoms with Crippen molar-refractivity contribution in [1.82, 2.24) is 5.32 Å². The first kappa shape index (κ1) is 23.6. The molecule has 0 saturated heterocycles. The highest BCUT2D eigenvalue weighted by Crippen LogP contribution is 2.48. The van der Waals surface area contributed by atoms with E-state index >= 15 is 0 Å². The Morgan fingerprint density at radius 3 is 2.32 bits per heavy atom. The molecule has 0 bridgehead atoms. The van der Waals surface area contributed by atoms with E-state index in [0.29, 0.717) is 23.8 Å². The number of carboxylic acid groups (broad SMARTS) is 1. The normalized spacial score (nSPS) is 15.6. The zero-order valence-electron chi connectivity index (χ0n) is 18.7. The molecule has 4 rings (SSSR count). The van der Waals surface area contributed by atoms with E-state index in [4.69, 9.17) is 4.74 Å². The number of rotatable bonds is 7. The minimum atomic E-state index is -4.43. The van der Waals surface area contributed by atoms with Crippen molar-refractivity contribution in [2.45, 2.75) is 45.5 Å². The number of carboxylic acids is 1. The summed E-state index contributed by atoms with van der Waals surface area (Å²) in [6, 6.07) is 12.5. The first-order chi connectivity index (χ1) is 16.0. The quantitative estimate of drug-likeness (QED) is 0.462. The maximum Gasteiger partial charge on any atom is 0.416 e. The minimum Gasteiger partial charge on any atom is -0.487 e. The molecule has 1 amide bonds. The Morgan fingerprint density at radius 2 is 1.74 bits per heavy atom. The lowest BCUT2D eigenvalue weighted by atomic mass is 9.97. The SMILES string of the molecule is Cc1ccc2ccc(C(=O)N[C@H](C(=O)O)C3(C)CC3)c(OCc3ccc(C(F)(F)F)cc3)c2c1. The highest BCUT2D eigenvalue weighted by Gasteiger charge is 2.49. The van der Waals surface area contributed by atoms with Crippen LogP contribution in [0, 0.1) is 12.3 Å². The summed E-state index contributed by atoms with van der Waals surface area (Å²) in [5, 5.41) is 13.7. The Balaban J connectivity index is 1.66. The first-order valence-corrected chi connectivity index (χ1v) is 10.8. The lowest BCUT2D eigenvalue weighted by molar-refractivity contribution is -0.141. The first-order valence-electron chi connectivity index (χ1n) is 10.8.